The van der Waals surface area contributed by atoms with E-state index in [0.29, 0.717) is 42.8 Å². The number of carbonyl (C=O) groups is 1. The zero-order valence-electron chi connectivity index (χ0n) is 20.2. The molecule has 1 aliphatic rings. The summed E-state index contributed by atoms with van der Waals surface area (Å²) in [6.07, 6.45) is 3.72. The second-order valence-electron chi connectivity index (χ2n) is 8.24. The van der Waals surface area contributed by atoms with Gasteiger partial charge in [-0.1, -0.05) is 66.1 Å². The highest BCUT2D eigenvalue weighted by molar-refractivity contribution is 7.07. The molecule has 0 saturated carbocycles. The summed E-state index contributed by atoms with van der Waals surface area (Å²) in [7, 11) is 0. The van der Waals surface area contributed by atoms with Crippen LogP contribution in [-0.2, 0) is 9.53 Å². The van der Waals surface area contributed by atoms with Crippen molar-refractivity contribution in [1.29, 1.82) is 0 Å². The van der Waals surface area contributed by atoms with Crippen LogP contribution in [0, 0.1) is 0 Å². The molecule has 9 heteroatoms. The Balaban J connectivity index is 1.85. The maximum atomic E-state index is 13.7. The highest BCUT2D eigenvalue weighted by atomic mass is 35.5. The van der Waals surface area contributed by atoms with E-state index in [2.05, 4.69) is 11.9 Å². The molecule has 0 bridgehead atoms. The number of allylic oxidation sites excluding steroid dienone is 1. The maximum absolute atomic E-state index is 13.7. The predicted molar refractivity (Wildman–Crippen MR) is 144 cm³/mol. The topological polar surface area (TPSA) is 69.9 Å². The zero-order chi connectivity index (χ0) is 25.8. The normalized spacial score (nSPS) is 15.5. The zero-order valence-corrected chi connectivity index (χ0v) is 22.5. The highest BCUT2D eigenvalue weighted by Crippen LogP contribution is 2.31. The average molecular weight is 545 g/mol. The van der Waals surface area contributed by atoms with Gasteiger partial charge < -0.3 is 9.47 Å². The Bertz CT molecular complexity index is 1490. The molecular formula is C27H26Cl2N2O4S. The quantitative estimate of drug-likeness (QED) is 0.285. The second kappa shape index (κ2) is 11.5. The number of ether oxygens (including phenoxy) is 2. The Morgan fingerprint density at radius 2 is 1.92 bits per heavy atom. The lowest BCUT2D eigenvalue weighted by Crippen LogP contribution is -2.39. The molecule has 0 amide bonds. The molecular weight excluding hydrogens is 519 g/mol. The van der Waals surface area contributed by atoms with E-state index in [1.54, 1.807) is 42.7 Å². The minimum Gasteiger partial charge on any atom is -0.494 e. The predicted octanol–water partition coefficient (Wildman–Crippen LogP) is 5.28. The molecule has 1 aromatic heterocycles. The lowest BCUT2D eigenvalue weighted by Gasteiger charge is -2.24. The summed E-state index contributed by atoms with van der Waals surface area (Å²) in [6.45, 7) is 6.46. The summed E-state index contributed by atoms with van der Waals surface area (Å²) in [4.78, 5) is 31.8. The molecule has 0 N–H and O–H groups in total. The van der Waals surface area contributed by atoms with Gasteiger partial charge in [-0.2, -0.15) is 0 Å². The smallest absolute Gasteiger partial charge is 0.338 e. The molecule has 4 rings (SSSR count). The van der Waals surface area contributed by atoms with Gasteiger partial charge in [0.25, 0.3) is 5.56 Å². The fraction of sp³-hybridized carbons (Fsp3) is 0.296. The molecule has 0 radical (unpaired) electrons. The largest absolute Gasteiger partial charge is 0.494 e. The Hall–Kier alpha value is -2.87. The van der Waals surface area contributed by atoms with E-state index < -0.39 is 12.0 Å². The van der Waals surface area contributed by atoms with Crippen LogP contribution in [0.2, 0.25) is 10.0 Å². The first-order valence-corrected chi connectivity index (χ1v) is 13.3. The van der Waals surface area contributed by atoms with E-state index in [1.165, 1.54) is 11.3 Å². The summed E-state index contributed by atoms with van der Waals surface area (Å²) < 4.78 is 13.1. The van der Waals surface area contributed by atoms with Gasteiger partial charge in [-0.3, -0.25) is 9.36 Å². The molecule has 2 heterocycles. The fourth-order valence-electron chi connectivity index (χ4n) is 3.95. The lowest BCUT2D eigenvalue weighted by atomic mass is 9.96. The van der Waals surface area contributed by atoms with Crippen LogP contribution in [0.15, 0.2) is 63.5 Å². The van der Waals surface area contributed by atoms with Gasteiger partial charge in [0, 0.05) is 10.0 Å². The molecule has 1 aliphatic heterocycles. The van der Waals surface area contributed by atoms with Crippen molar-refractivity contribution < 1.29 is 14.3 Å². The van der Waals surface area contributed by atoms with Crippen LogP contribution in [0.1, 0.15) is 50.8 Å². The molecule has 0 spiro atoms. The molecule has 0 fully saturated rings. The molecule has 0 saturated heterocycles. The Labute approximate surface area is 223 Å². The monoisotopic (exact) mass is 544 g/mol. The number of hydrogen-bond donors (Lipinski definition) is 0. The van der Waals surface area contributed by atoms with E-state index in [4.69, 9.17) is 32.7 Å². The minimum absolute atomic E-state index is 0.214. The fourth-order valence-corrected chi connectivity index (χ4v) is 5.45. The van der Waals surface area contributed by atoms with Gasteiger partial charge in [-0.25, -0.2) is 9.79 Å². The van der Waals surface area contributed by atoms with Gasteiger partial charge in [0.2, 0.25) is 0 Å². The summed E-state index contributed by atoms with van der Waals surface area (Å²) in [5.41, 5.74) is 2.00. The number of fused-ring (bicyclic) bond motifs is 1. The third-order valence-corrected chi connectivity index (χ3v) is 7.27. The molecule has 1 atom stereocenters. The van der Waals surface area contributed by atoms with Crippen molar-refractivity contribution in [2.24, 2.45) is 4.99 Å². The molecule has 2 aromatic carbocycles. The van der Waals surface area contributed by atoms with Crippen molar-refractivity contribution in [2.45, 2.75) is 39.7 Å². The van der Waals surface area contributed by atoms with Crippen LogP contribution < -0.4 is 19.6 Å². The van der Waals surface area contributed by atoms with E-state index in [-0.39, 0.29) is 12.2 Å². The molecule has 1 unspecified atom stereocenters. The number of esters is 1. The average Bonchev–Trinajstić information content (AvgIpc) is 3.15. The molecule has 6 nitrogen and oxygen atoms in total. The molecule has 0 aliphatic carbocycles. The number of nitrogens with zero attached hydrogens (tertiary/aromatic N) is 2. The van der Waals surface area contributed by atoms with Crippen LogP contribution in [-0.4, -0.2) is 23.8 Å². The van der Waals surface area contributed by atoms with Crippen molar-refractivity contribution in [2.75, 3.05) is 13.2 Å². The van der Waals surface area contributed by atoms with E-state index >= 15 is 0 Å². The van der Waals surface area contributed by atoms with Crippen LogP contribution in [0.25, 0.3) is 6.08 Å². The minimum atomic E-state index is -0.687. The number of carbonyl (C=O) groups excluding carboxylic acids is 1. The Morgan fingerprint density at radius 3 is 2.58 bits per heavy atom. The van der Waals surface area contributed by atoms with E-state index in [0.717, 1.165) is 24.2 Å². The summed E-state index contributed by atoms with van der Waals surface area (Å²) in [6, 6.07) is 11.9. The molecule has 3 aromatic rings. The van der Waals surface area contributed by atoms with Gasteiger partial charge in [-0.15, -0.1) is 0 Å². The third-order valence-electron chi connectivity index (χ3n) is 5.73. The number of halogens is 2. The van der Waals surface area contributed by atoms with Gasteiger partial charge in [0.05, 0.1) is 35.1 Å². The first-order valence-electron chi connectivity index (χ1n) is 11.7. The van der Waals surface area contributed by atoms with E-state index in [1.807, 2.05) is 24.3 Å². The summed E-state index contributed by atoms with van der Waals surface area (Å²) in [5, 5.41) is 0.947. The number of thiazole rings is 1. The number of hydrogen-bond acceptors (Lipinski definition) is 6. The SMILES string of the molecule is CCCCOc1ccc(C2C(C(=O)OCC)=C(C)N=c3s/c(=C\c4ccc(Cl)cc4Cl)c(=O)n32)cc1. The first-order chi connectivity index (χ1) is 17.3. The second-order valence-corrected chi connectivity index (χ2v) is 10.1. The van der Waals surface area contributed by atoms with Gasteiger partial charge >= 0.3 is 5.97 Å². The van der Waals surface area contributed by atoms with Crippen molar-refractivity contribution >= 4 is 46.6 Å². The number of benzene rings is 2. The van der Waals surface area contributed by atoms with Crippen LogP contribution in [0.3, 0.4) is 0 Å². The molecule has 188 valence electrons. The van der Waals surface area contributed by atoms with E-state index in [9.17, 15) is 9.59 Å². The summed E-state index contributed by atoms with van der Waals surface area (Å²) >= 11 is 13.6. The Morgan fingerprint density at radius 1 is 1.17 bits per heavy atom. The van der Waals surface area contributed by atoms with Crippen molar-refractivity contribution in [1.82, 2.24) is 4.57 Å². The Kier molecular flexibility index (Phi) is 8.34. The van der Waals surface area contributed by atoms with Crippen molar-refractivity contribution in [3.8, 4) is 5.75 Å². The highest BCUT2D eigenvalue weighted by Gasteiger charge is 2.33. The first kappa shape index (κ1) is 26.2. The number of rotatable bonds is 8. The van der Waals surface area contributed by atoms with Crippen molar-refractivity contribution in [3.05, 3.63) is 94.6 Å². The maximum Gasteiger partial charge on any atom is 0.338 e. The van der Waals surface area contributed by atoms with Crippen molar-refractivity contribution in [3.63, 3.8) is 0 Å². The van der Waals surface area contributed by atoms with Crippen LogP contribution >= 0.6 is 34.5 Å². The van der Waals surface area contributed by atoms with Crippen LogP contribution in [0.4, 0.5) is 0 Å². The third kappa shape index (κ3) is 5.43. The van der Waals surface area contributed by atoms with Gasteiger partial charge in [0.1, 0.15) is 5.75 Å². The number of unbranched alkanes of at least 4 members (excludes halogenated alkanes) is 1. The van der Waals surface area contributed by atoms with Gasteiger partial charge in [-0.05, 0) is 61.7 Å². The lowest BCUT2D eigenvalue weighted by molar-refractivity contribution is -0.139. The summed E-state index contributed by atoms with van der Waals surface area (Å²) in [5.74, 6) is 0.234. The van der Waals surface area contributed by atoms with Gasteiger partial charge in [0.15, 0.2) is 4.80 Å². The standard InChI is InChI=1S/C27H26Cl2N2O4S/c1-4-6-13-35-20-11-8-17(9-12-20)24-23(26(33)34-5-2)16(3)30-27-31(24)25(32)22(36-27)14-18-7-10-19(28)15-21(18)29/h7-12,14-15,24H,4-6,13H2,1-3H3/b22-14-. The molecule has 36 heavy (non-hydrogen) atoms. The van der Waals surface area contributed by atoms with Crippen LogP contribution in [0.5, 0.6) is 5.75 Å². The number of aromatic nitrogens is 1.